The van der Waals surface area contributed by atoms with Crippen LogP contribution in [0.3, 0.4) is 0 Å². The first-order valence-corrected chi connectivity index (χ1v) is 6.10. The van der Waals surface area contributed by atoms with Crippen LogP contribution in [0.4, 0.5) is 0 Å². The van der Waals surface area contributed by atoms with Crippen LogP contribution in [0.1, 0.15) is 45.4 Å². The number of fused-ring (bicyclic) bond motifs is 3. The van der Waals surface area contributed by atoms with Gasteiger partial charge in [-0.3, -0.25) is 0 Å². The molecule has 3 fully saturated rings. The summed E-state index contributed by atoms with van der Waals surface area (Å²) in [4.78, 5) is 0. The van der Waals surface area contributed by atoms with Gasteiger partial charge in [0, 0.05) is 6.04 Å². The summed E-state index contributed by atoms with van der Waals surface area (Å²) in [6.07, 6.45) is 7.71. The molecule has 82 valence electrons. The largest absolute Gasteiger partial charge is 0.392 e. The van der Waals surface area contributed by atoms with Gasteiger partial charge in [-0.2, -0.15) is 0 Å². The molecule has 14 heavy (non-hydrogen) atoms. The van der Waals surface area contributed by atoms with Gasteiger partial charge in [0.05, 0.1) is 6.10 Å². The van der Waals surface area contributed by atoms with Crippen molar-refractivity contribution in [2.45, 2.75) is 57.6 Å². The second-order valence-electron chi connectivity index (χ2n) is 5.44. The molecule has 0 aromatic rings. The zero-order chi connectivity index (χ0) is 10.1. The van der Waals surface area contributed by atoms with Crippen molar-refractivity contribution in [3.63, 3.8) is 0 Å². The molecule has 0 radical (unpaired) electrons. The minimum Gasteiger partial charge on any atom is -0.392 e. The Morgan fingerprint density at radius 1 is 1.29 bits per heavy atom. The van der Waals surface area contributed by atoms with Crippen molar-refractivity contribution >= 4 is 0 Å². The zero-order valence-electron chi connectivity index (χ0n) is 9.15. The van der Waals surface area contributed by atoms with E-state index in [9.17, 15) is 5.11 Å². The standard InChI is InChI=1S/C12H23NO/c1-8(13)12(14)7-11-6-9-2-4-10(11)5-3-9/h8-12,14H,2-7,13H2,1H3. The van der Waals surface area contributed by atoms with E-state index in [2.05, 4.69) is 0 Å². The quantitative estimate of drug-likeness (QED) is 0.726. The van der Waals surface area contributed by atoms with Crippen molar-refractivity contribution in [3.05, 3.63) is 0 Å². The highest BCUT2D eigenvalue weighted by atomic mass is 16.3. The lowest BCUT2D eigenvalue weighted by atomic mass is 9.63. The molecule has 3 aliphatic carbocycles. The average Bonchev–Trinajstić information content (AvgIpc) is 2.19. The fourth-order valence-corrected chi connectivity index (χ4v) is 3.33. The normalized spacial score (nSPS) is 40.9. The second-order valence-corrected chi connectivity index (χ2v) is 5.44. The number of aliphatic hydroxyl groups is 1. The van der Waals surface area contributed by atoms with E-state index < -0.39 is 0 Å². The highest BCUT2D eigenvalue weighted by Gasteiger charge is 2.36. The smallest absolute Gasteiger partial charge is 0.0691 e. The topological polar surface area (TPSA) is 46.2 Å². The molecular formula is C12H23NO. The monoisotopic (exact) mass is 197 g/mol. The molecule has 3 rings (SSSR count). The highest BCUT2D eigenvalue weighted by Crippen LogP contribution is 2.46. The van der Waals surface area contributed by atoms with Crippen LogP contribution in [0.2, 0.25) is 0 Å². The van der Waals surface area contributed by atoms with E-state index in [0.717, 1.165) is 24.2 Å². The molecule has 2 nitrogen and oxygen atoms in total. The Kier molecular flexibility index (Phi) is 3.13. The SMILES string of the molecule is CC(N)C(O)CC1CC2CCC1CC2. The summed E-state index contributed by atoms with van der Waals surface area (Å²) in [5.41, 5.74) is 5.70. The lowest BCUT2D eigenvalue weighted by Gasteiger charge is -2.43. The van der Waals surface area contributed by atoms with E-state index in [1.807, 2.05) is 6.92 Å². The van der Waals surface area contributed by atoms with Crippen LogP contribution in [0, 0.1) is 17.8 Å². The molecule has 0 aromatic carbocycles. The van der Waals surface area contributed by atoms with Crippen molar-refractivity contribution in [1.29, 1.82) is 0 Å². The Hall–Kier alpha value is -0.0800. The Labute approximate surface area is 86.9 Å². The molecule has 0 heterocycles. The summed E-state index contributed by atoms with van der Waals surface area (Å²) in [6, 6.07) is -0.0598. The first-order valence-electron chi connectivity index (χ1n) is 6.10. The molecule has 3 aliphatic rings. The molecule has 3 N–H and O–H groups in total. The summed E-state index contributed by atoms with van der Waals surface area (Å²) < 4.78 is 0. The Morgan fingerprint density at radius 2 is 1.93 bits per heavy atom. The van der Waals surface area contributed by atoms with E-state index in [1.165, 1.54) is 32.1 Å². The minimum atomic E-state index is -0.278. The Morgan fingerprint density at radius 3 is 2.36 bits per heavy atom. The molecule has 3 saturated carbocycles. The second kappa shape index (κ2) is 4.19. The predicted molar refractivity (Wildman–Crippen MR) is 57.8 cm³/mol. The third-order valence-corrected chi connectivity index (χ3v) is 4.35. The maximum atomic E-state index is 9.78. The van der Waals surface area contributed by atoms with Gasteiger partial charge < -0.3 is 10.8 Å². The maximum absolute atomic E-state index is 9.78. The van der Waals surface area contributed by atoms with Crippen LogP contribution >= 0.6 is 0 Å². The van der Waals surface area contributed by atoms with E-state index in [0.29, 0.717) is 0 Å². The fraction of sp³-hybridized carbons (Fsp3) is 1.00. The van der Waals surface area contributed by atoms with Crippen LogP contribution in [-0.4, -0.2) is 17.3 Å². The van der Waals surface area contributed by atoms with Gasteiger partial charge in [0.1, 0.15) is 0 Å². The summed E-state index contributed by atoms with van der Waals surface area (Å²) >= 11 is 0. The lowest BCUT2D eigenvalue weighted by molar-refractivity contribution is 0.0420. The van der Waals surface area contributed by atoms with E-state index in [4.69, 9.17) is 5.73 Å². The number of nitrogens with two attached hydrogens (primary N) is 1. The molecule has 0 saturated heterocycles. The molecular weight excluding hydrogens is 174 g/mol. The molecule has 0 amide bonds. The van der Waals surface area contributed by atoms with Crippen LogP contribution in [0.5, 0.6) is 0 Å². The van der Waals surface area contributed by atoms with E-state index >= 15 is 0 Å². The minimum absolute atomic E-state index is 0.0598. The molecule has 3 unspecified atom stereocenters. The number of hydrogen-bond donors (Lipinski definition) is 2. The summed E-state index contributed by atoms with van der Waals surface area (Å²) in [6.45, 7) is 1.91. The van der Waals surface area contributed by atoms with Gasteiger partial charge in [-0.25, -0.2) is 0 Å². The number of hydrogen-bond acceptors (Lipinski definition) is 2. The zero-order valence-corrected chi connectivity index (χ0v) is 9.15. The highest BCUT2D eigenvalue weighted by molar-refractivity contribution is 4.88. The molecule has 0 aliphatic heterocycles. The van der Waals surface area contributed by atoms with Crippen molar-refractivity contribution in [2.24, 2.45) is 23.5 Å². The summed E-state index contributed by atoms with van der Waals surface area (Å²) in [7, 11) is 0. The van der Waals surface area contributed by atoms with E-state index in [1.54, 1.807) is 0 Å². The summed E-state index contributed by atoms with van der Waals surface area (Å²) in [5, 5.41) is 9.78. The van der Waals surface area contributed by atoms with Crippen LogP contribution < -0.4 is 5.73 Å². The molecule has 0 spiro atoms. The lowest BCUT2D eigenvalue weighted by Crippen LogP contribution is -2.38. The molecule has 0 aromatic heterocycles. The first-order chi connectivity index (χ1) is 6.66. The van der Waals surface area contributed by atoms with E-state index in [-0.39, 0.29) is 12.1 Å². The van der Waals surface area contributed by atoms with Gasteiger partial charge in [-0.15, -0.1) is 0 Å². The van der Waals surface area contributed by atoms with Crippen molar-refractivity contribution in [3.8, 4) is 0 Å². The van der Waals surface area contributed by atoms with Crippen molar-refractivity contribution in [1.82, 2.24) is 0 Å². The van der Waals surface area contributed by atoms with Crippen LogP contribution in [0.15, 0.2) is 0 Å². The van der Waals surface area contributed by atoms with Gasteiger partial charge in [0.25, 0.3) is 0 Å². The van der Waals surface area contributed by atoms with Gasteiger partial charge in [0.2, 0.25) is 0 Å². The predicted octanol–water partition coefficient (Wildman–Crippen LogP) is 1.91. The van der Waals surface area contributed by atoms with Crippen molar-refractivity contribution in [2.75, 3.05) is 0 Å². The third kappa shape index (κ3) is 2.12. The van der Waals surface area contributed by atoms with Crippen molar-refractivity contribution < 1.29 is 5.11 Å². The van der Waals surface area contributed by atoms with Crippen LogP contribution in [0.25, 0.3) is 0 Å². The first kappa shape index (κ1) is 10.4. The summed E-state index contributed by atoms with van der Waals surface area (Å²) in [5.74, 6) is 2.63. The third-order valence-electron chi connectivity index (χ3n) is 4.35. The van der Waals surface area contributed by atoms with Gasteiger partial charge in [-0.1, -0.05) is 12.8 Å². The Bertz CT molecular complexity index is 185. The maximum Gasteiger partial charge on any atom is 0.0691 e. The molecule has 2 bridgehead atoms. The van der Waals surface area contributed by atoms with Gasteiger partial charge in [0.15, 0.2) is 0 Å². The average molecular weight is 197 g/mol. The number of aliphatic hydroxyl groups excluding tert-OH is 1. The fourth-order valence-electron chi connectivity index (χ4n) is 3.33. The molecule has 2 heteroatoms. The Balaban J connectivity index is 1.86. The van der Waals surface area contributed by atoms with Crippen LogP contribution in [-0.2, 0) is 0 Å². The van der Waals surface area contributed by atoms with Gasteiger partial charge in [-0.05, 0) is 50.4 Å². The number of rotatable bonds is 3. The van der Waals surface area contributed by atoms with Gasteiger partial charge >= 0.3 is 0 Å². The molecule has 3 atom stereocenters.